The van der Waals surface area contributed by atoms with Crippen LogP contribution in [0.4, 0.5) is 20.2 Å². The van der Waals surface area contributed by atoms with E-state index in [0.717, 1.165) is 11.3 Å². The Hall–Kier alpha value is -6.29. The van der Waals surface area contributed by atoms with Crippen LogP contribution < -0.4 is 26.4 Å². The van der Waals surface area contributed by atoms with Crippen molar-refractivity contribution in [1.82, 2.24) is 23.7 Å². The van der Waals surface area contributed by atoms with Crippen LogP contribution in [0.2, 0.25) is 5.02 Å². The normalized spacial score (nSPS) is 20.6. The number of hydrogen-bond acceptors (Lipinski definition) is 12. The number of benzene rings is 3. The van der Waals surface area contributed by atoms with Crippen molar-refractivity contribution in [2.75, 3.05) is 36.9 Å². The summed E-state index contributed by atoms with van der Waals surface area (Å²) in [5.74, 6) is -8.32. The lowest BCUT2D eigenvalue weighted by molar-refractivity contribution is -0.139. The van der Waals surface area contributed by atoms with Gasteiger partial charge in [0.05, 0.1) is 39.9 Å². The predicted octanol–water partition coefficient (Wildman–Crippen LogP) is 7.05. The molecule has 3 saturated heterocycles. The van der Waals surface area contributed by atoms with Crippen LogP contribution in [0.25, 0.3) is 21.5 Å². The number of aliphatic carboxylic acids is 1. The maximum Gasteiger partial charge on any atom is 0.349 e. The van der Waals surface area contributed by atoms with E-state index in [1.54, 1.807) is 60.7 Å². The Morgan fingerprint density at radius 2 is 1.72 bits per heavy atom. The molecule has 22 heteroatoms. The molecule has 17 nitrogen and oxygen atoms in total. The molecule has 0 saturated carbocycles. The Labute approximate surface area is 404 Å². The van der Waals surface area contributed by atoms with Crippen LogP contribution in [0.15, 0.2) is 83.9 Å². The third-order valence-corrected chi connectivity index (χ3v) is 16.6. The molecule has 0 bridgehead atoms. The van der Waals surface area contributed by atoms with E-state index in [1.807, 2.05) is 19.9 Å². The Morgan fingerprint density at radius 3 is 2.42 bits per heavy atom. The van der Waals surface area contributed by atoms with Crippen LogP contribution in [0, 0.1) is 0 Å². The molecule has 2 aromatic heterocycles. The quantitative estimate of drug-likeness (QED) is 0.0665. The molecular weight excluding hydrogens is 960 g/mol. The third kappa shape index (κ3) is 10.1. The van der Waals surface area contributed by atoms with Gasteiger partial charge in [-0.15, -0.1) is 11.3 Å². The Bertz CT molecular complexity index is 3080. The van der Waals surface area contributed by atoms with Crippen molar-refractivity contribution < 1.29 is 51.3 Å². The van der Waals surface area contributed by atoms with Crippen LogP contribution in [-0.4, -0.2) is 104 Å². The Kier molecular flexibility index (Phi) is 13.5. The largest absolute Gasteiger partial charge is 0.479 e. The maximum atomic E-state index is 16.1. The molecule has 5 heterocycles. The first-order valence-corrected chi connectivity index (χ1v) is 24.8. The van der Waals surface area contributed by atoms with E-state index >= 15 is 8.78 Å². The number of aromatic nitrogens is 2. The molecule has 0 radical (unpaired) electrons. The number of likely N-dealkylation sites (tertiary alicyclic amines) is 1. The van der Waals surface area contributed by atoms with Crippen molar-refractivity contribution in [1.29, 1.82) is 0 Å². The number of halogens is 3. The van der Waals surface area contributed by atoms with Gasteiger partial charge in [-0.3, -0.25) is 24.0 Å². The average molecular weight is 1010 g/mol. The standard InChI is InChI=1S/C47H50ClF2N7O10S2/c1-26(55-17-16-33(47(49,50)25-55)28-11-12-34-36(21-28)54(4)45(64)57(34)35-13-14-37(58)53-43(35)61)51-30-9-5-7-27(19-30)24-69(65,66)56-18-15-32(22-46(56,2)3)52-31-10-6-8-29(20-31)41-39(48)40(67-23-38(59)60)42(68-41)44(62)63/h5-12,19-21,32-33,35,51-52H,1,13-18,22-25H2,2-4H3,(H,59,60)(H,62,63)(H,53,58,61)/t32-,33-,35-/m0/s1. The van der Waals surface area contributed by atoms with E-state index in [-0.39, 0.29) is 65.6 Å². The number of alkyl halides is 2. The second-order valence-electron chi connectivity index (χ2n) is 18.2. The minimum Gasteiger partial charge on any atom is -0.479 e. The monoisotopic (exact) mass is 1010 g/mol. The lowest BCUT2D eigenvalue weighted by Gasteiger charge is -2.45. The summed E-state index contributed by atoms with van der Waals surface area (Å²) in [7, 11) is -2.35. The van der Waals surface area contributed by atoms with Gasteiger partial charge in [0.25, 0.3) is 5.92 Å². The number of carbonyl (C=O) groups excluding carboxylic acids is 2. The summed E-state index contributed by atoms with van der Waals surface area (Å²) in [6.45, 7) is 6.78. The lowest BCUT2D eigenvalue weighted by Crippen LogP contribution is -2.55. The number of aryl methyl sites for hydroxylation is 1. The first kappa shape index (κ1) is 49.1. The zero-order chi connectivity index (χ0) is 49.7. The molecule has 3 atom stereocenters. The fourth-order valence-corrected chi connectivity index (χ4v) is 13.0. The number of thiophene rings is 1. The topological polar surface area (TPSA) is 222 Å². The molecule has 3 aliphatic rings. The number of piperidine rings is 3. The van der Waals surface area contributed by atoms with Crippen LogP contribution in [0.3, 0.4) is 0 Å². The Morgan fingerprint density at radius 1 is 0.986 bits per heavy atom. The number of ether oxygens (including phenoxy) is 1. The Balaban J connectivity index is 0.882. The number of amides is 2. The highest BCUT2D eigenvalue weighted by Gasteiger charge is 2.46. The van der Waals surface area contributed by atoms with Crippen molar-refractivity contribution >= 4 is 79.1 Å². The second-order valence-corrected chi connectivity index (χ2v) is 21.5. The van der Waals surface area contributed by atoms with Crippen molar-refractivity contribution in [2.24, 2.45) is 7.05 Å². The van der Waals surface area contributed by atoms with Crippen LogP contribution >= 0.6 is 22.9 Å². The number of fused-ring (bicyclic) bond motifs is 1. The number of aromatic carboxylic acids is 1. The molecule has 5 aromatic rings. The van der Waals surface area contributed by atoms with E-state index in [9.17, 15) is 37.5 Å². The SMILES string of the molecule is C=C(Nc1cccc(CS(=O)(=O)N2CC[C@H](Nc3cccc(-c4sc(C(=O)O)c(OCC(=O)O)c4Cl)c3)CC2(C)C)c1)N1CC[C@@H](c2ccc3c(c2)n(C)c(=O)n3[C@H]2CCC(=O)NC2=O)C(F)(F)C1. The molecule has 0 spiro atoms. The van der Waals surface area contributed by atoms with Gasteiger partial charge in [-0.25, -0.2) is 31.6 Å². The molecule has 0 unspecified atom stereocenters. The highest BCUT2D eigenvalue weighted by atomic mass is 35.5. The van der Waals surface area contributed by atoms with Gasteiger partial charge in [0.15, 0.2) is 17.2 Å². The van der Waals surface area contributed by atoms with Gasteiger partial charge >= 0.3 is 17.6 Å². The van der Waals surface area contributed by atoms with Gasteiger partial charge < -0.3 is 30.5 Å². The summed E-state index contributed by atoms with van der Waals surface area (Å²) < 4.78 is 69.6. The molecule has 3 aromatic carbocycles. The summed E-state index contributed by atoms with van der Waals surface area (Å²) >= 11 is 7.38. The molecule has 3 fully saturated rings. The van der Waals surface area contributed by atoms with Crippen molar-refractivity contribution in [3.8, 4) is 16.2 Å². The minimum atomic E-state index is -3.86. The molecular formula is C47H50ClF2N7O10S2. The number of carboxylic acids is 2. The number of imidazole rings is 1. The molecule has 3 aliphatic heterocycles. The summed E-state index contributed by atoms with van der Waals surface area (Å²) in [5.41, 5.74) is 2.06. The highest BCUT2D eigenvalue weighted by molar-refractivity contribution is 7.88. The zero-order valence-electron chi connectivity index (χ0n) is 37.8. The van der Waals surface area contributed by atoms with Crippen molar-refractivity contribution in [2.45, 2.75) is 81.2 Å². The number of sulfonamides is 1. The molecule has 0 aliphatic carbocycles. The van der Waals surface area contributed by atoms with Crippen LogP contribution in [0.1, 0.15) is 78.7 Å². The van der Waals surface area contributed by atoms with Gasteiger partial charge in [0.2, 0.25) is 21.8 Å². The number of nitrogens with one attached hydrogen (secondary N) is 3. The van der Waals surface area contributed by atoms with Gasteiger partial charge in [-0.05, 0) is 92.6 Å². The van der Waals surface area contributed by atoms with Gasteiger partial charge in [-0.2, -0.15) is 4.31 Å². The van der Waals surface area contributed by atoms with Crippen molar-refractivity contribution in [3.05, 3.63) is 111 Å². The first-order chi connectivity index (χ1) is 32.5. The zero-order valence-corrected chi connectivity index (χ0v) is 40.1. The fourth-order valence-electron chi connectivity index (χ4n) is 9.67. The number of carbonyl (C=O) groups is 4. The number of imide groups is 1. The number of carboxylic acid groups (broad SMARTS) is 2. The number of anilines is 2. The van der Waals surface area contributed by atoms with E-state index in [4.69, 9.17) is 21.4 Å². The van der Waals surface area contributed by atoms with Crippen LogP contribution in [-0.2, 0) is 37.2 Å². The molecule has 2 amide bonds. The number of nitrogens with zero attached hydrogens (tertiary/aromatic N) is 4. The number of hydrogen-bond donors (Lipinski definition) is 5. The highest BCUT2D eigenvalue weighted by Crippen LogP contribution is 2.46. The minimum absolute atomic E-state index is 0.0192. The lowest BCUT2D eigenvalue weighted by atomic mass is 9.86. The smallest absolute Gasteiger partial charge is 0.349 e. The van der Waals surface area contributed by atoms with E-state index in [2.05, 4.69) is 22.5 Å². The molecule has 69 heavy (non-hydrogen) atoms. The molecule has 5 N–H and O–H groups in total. The van der Waals surface area contributed by atoms with Crippen molar-refractivity contribution in [3.63, 3.8) is 0 Å². The average Bonchev–Trinajstić information content (AvgIpc) is 3.73. The number of rotatable bonds is 15. The molecule has 8 rings (SSSR count). The van der Waals surface area contributed by atoms with Gasteiger partial charge in [-0.1, -0.05) is 48.5 Å². The first-order valence-electron chi connectivity index (χ1n) is 22.0. The maximum absolute atomic E-state index is 16.1. The summed E-state index contributed by atoms with van der Waals surface area (Å²) in [5, 5.41) is 27.6. The summed E-state index contributed by atoms with van der Waals surface area (Å²) in [6.07, 6.45) is 1.20. The predicted molar refractivity (Wildman–Crippen MR) is 257 cm³/mol. The fraction of sp³-hybridized carbons (Fsp3) is 0.383. The second kappa shape index (κ2) is 18.9. The van der Waals surface area contributed by atoms with Gasteiger partial charge in [0.1, 0.15) is 11.1 Å². The third-order valence-electron chi connectivity index (χ3n) is 12.9. The summed E-state index contributed by atoms with van der Waals surface area (Å²) in [6, 6.07) is 17.5. The van der Waals surface area contributed by atoms with E-state index in [1.165, 1.54) is 25.4 Å². The summed E-state index contributed by atoms with van der Waals surface area (Å²) in [4.78, 5) is 62.2. The van der Waals surface area contributed by atoms with Gasteiger partial charge in [0, 0.05) is 49.5 Å². The van der Waals surface area contributed by atoms with E-state index < -0.39 is 76.0 Å². The van der Waals surface area contributed by atoms with Crippen LogP contribution in [0.5, 0.6) is 5.75 Å². The molecule has 366 valence electrons. The van der Waals surface area contributed by atoms with E-state index in [0.29, 0.717) is 56.8 Å².